The van der Waals surface area contributed by atoms with Crippen LogP contribution in [-0.4, -0.2) is 33.4 Å². The van der Waals surface area contributed by atoms with Crippen molar-refractivity contribution in [3.05, 3.63) is 80.6 Å². The summed E-state index contributed by atoms with van der Waals surface area (Å²) in [6, 6.07) is 12.3. The van der Waals surface area contributed by atoms with Crippen LogP contribution in [-0.2, 0) is 29.2 Å². The Morgan fingerprint density at radius 3 is 2.30 bits per heavy atom. The van der Waals surface area contributed by atoms with Crippen LogP contribution in [0.1, 0.15) is 31.9 Å². The van der Waals surface area contributed by atoms with Crippen molar-refractivity contribution in [2.45, 2.75) is 45.0 Å². The standard InChI is InChI=1S/C29H26BrF3N2O5/c1-28(2,3)40-27(39)34-21(26(37)38)13-15-7-5-9-18-17(15)8-6-10-19(18)23-24(29(31,32)33)20-14-16(30)11-12-22(20)35(4)25(23)36/h5-12,14,21H,13H2,1-4H3,(H,34,39)(H,37,38)/t21-/m0/s1. The maximum Gasteiger partial charge on any atom is 0.417 e. The first kappa shape index (κ1) is 29.1. The summed E-state index contributed by atoms with van der Waals surface area (Å²) in [5.74, 6) is -1.31. The van der Waals surface area contributed by atoms with E-state index in [0.717, 1.165) is 0 Å². The number of rotatable bonds is 5. The molecule has 0 radical (unpaired) electrons. The van der Waals surface area contributed by atoms with Crippen LogP contribution in [0.3, 0.4) is 0 Å². The van der Waals surface area contributed by atoms with Gasteiger partial charge in [0.05, 0.1) is 16.6 Å². The van der Waals surface area contributed by atoms with Gasteiger partial charge in [-0.2, -0.15) is 13.2 Å². The molecule has 0 bridgehead atoms. The summed E-state index contributed by atoms with van der Waals surface area (Å²) in [5, 5.41) is 12.7. The van der Waals surface area contributed by atoms with Gasteiger partial charge in [0.25, 0.3) is 5.56 Å². The molecule has 2 N–H and O–H groups in total. The van der Waals surface area contributed by atoms with Crippen molar-refractivity contribution in [1.29, 1.82) is 0 Å². The van der Waals surface area contributed by atoms with Crippen molar-refractivity contribution in [3.63, 3.8) is 0 Å². The summed E-state index contributed by atoms with van der Waals surface area (Å²) in [4.78, 5) is 37.7. The van der Waals surface area contributed by atoms with Crippen LogP contribution in [0.15, 0.2) is 63.9 Å². The minimum Gasteiger partial charge on any atom is -0.480 e. The molecule has 0 aliphatic rings. The molecular formula is C29H26BrF3N2O5. The molecule has 40 heavy (non-hydrogen) atoms. The van der Waals surface area contributed by atoms with Crippen LogP contribution in [0.2, 0.25) is 0 Å². The molecule has 0 fully saturated rings. The number of amides is 1. The topological polar surface area (TPSA) is 97.6 Å². The molecule has 210 valence electrons. The highest BCUT2D eigenvalue weighted by Crippen LogP contribution is 2.42. The Bertz CT molecular complexity index is 1710. The zero-order chi connectivity index (χ0) is 29.6. The van der Waals surface area contributed by atoms with Gasteiger partial charge in [0.1, 0.15) is 11.6 Å². The number of ether oxygens (including phenoxy) is 1. The molecule has 1 amide bonds. The summed E-state index contributed by atoms with van der Waals surface area (Å²) in [6.45, 7) is 4.92. The van der Waals surface area contributed by atoms with Gasteiger partial charge in [-0.05, 0) is 60.9 Å². The van der Waals surface area contributed by atoms with Gasteiger partial charge < -0.3 is 19.7 Å². The Morgan fingerprint density at radius 1 is 1.02 bits per heavy atom. The molecular weight excluding hydrogens is 593 g/mol. The first-order chi connectivity index (χ1) is 18.6. The predicted molar refractivity (Wildman–Crippen MR) is 149 cm³/mol. The lowest BCUT2D eigenvalue weighted by Crippen LogP contribution is -2.44. The molecule has 3 aromatic carbocycles. The van der Waals surface area contributed by atoms with Crippen molar-refractivity contribution < 1.29 is 32.6 Å². The summed E-state index contributed by atoms with van der Waals surface area (Å²) < 4.78 is 50.6. The summed E-state index contributed by atoms with van der Waals surface area (Å²) in [7, 11) is 1.42. The zero-order valence-corrected chi connectivity index (χ0v) is 23.6. The van der Waals surface area contributed by atoms with E-state index >= 15 is 0 Å². The second-order valence-corrected chi connectivity index (χ2v) is 11.2. The van der Waals surface area contributed by atoms with Gasteiger partial charge in [-0.25, -0.2) is 9.59 Å². The largest absolute Gasteiger partial charge is 0.480 e. The van der Waals surface area contributed by atoms with Gasteiger partial charge in [-0.15, -0.1) is 0 Å². The third kappa shape index (κ3) is 5.84. The lowest BCUT2D eigenvalue weighted by atomic mass is 9.90. The maximum atomic E-state index is 14.6. The second kappa shape index (κ2) is 10.6. The molecule has 0 unspecified atom stereocenters. The molecule has 1 heterocycles. The monoisotopic (exact) mass is 618 g/mol. The fourth-order valence-corrected chi connectivity index (χ4v) is 5.07. The lowest BCUT2D eigenvalue weighted by Gasteiger charge is -2.22. The highest BCUT2D eigenvalue weighted by Gasteiger charge is 2.38. The van der Waals surface area contributed by atoms with E-state index in [9.17, 15) is 32.7 Å². The number of nitrogens with one attached hydrogen (secondary N) is 1. The molecule has 7 nitrogen and oxygen atoms in total. The number of hydrogen-bond acceptors (Lipinski definition) is 4. The predicted octanol–water partition coefficient (Wildman–Crippen LogP) is 6.66. The summed E-state index contributed by atoms with van der Waals surface area (Å²) in [6.07, 6.45) is -5.95. The van der Waals surface area contributed by atoms with Crippen LogP contribution in [0, 0.1) is 0 Å². The average Bonchev–Trinajstić information content (AvgIpc) is 2.83. The maximum absolute atomic E-state index is 14.6. The Labute approximate surface area is 235 Å². The van der Waals surface area contributed by atoms with Crippen LogP contribution in [0.5, 0.6) is 0 Å². The number of pyridine rings is 1. The molecule has 0 saturated heterocycles. The third-order valence-electron chi connectivity index (χ3n) is 6.34. The van der Waals surface area contributed by atoms with Gasteiger partial charge >= 0.3 is 18.2 Å². The summed E-state index contributed by atoms with van der Waals surface area (Å²) >= 11 is 3.23. The van der Waals surface area contributed by atoms with Crippen molar-refractivity contribution >= 4 is 49.7 Å². The Hall–Kier alpha value is -3.86. The molecule has 4 aromatic rings. The van der Waals surface area contributed by atoms with E-state index in [0.29, 0.717) is 20.8 Å². The smallest absolute Gasteiger partial charge is 0.417 e. The highest BCUT2D eigenvalue weighted by atomic mass is 79.9. The molecule has 0 spiro atoms. The number of aliphatic carboxylic acids is 1. The van der Waals surface area contributed by atoms with Crippen molar-refractivity contribution in [3.8, 4) is 11.1 Å². The number of fused-ring (bicyclic) bond motifs is 2. The van der Waals surface area contributed by atoms with Crippen LogP contribution in [0.4, 0.5) is 18.0 Å². The molecule has 11 heteroatoms. The minimum absolute atomic E-state index is 0.0566. The van der Waals surface area contributed by atoms with Gasteiger partial charge in [-0.3, -0.25) is 4.79 Å². The first-order valence-corrected chi connectivity index (χ1v) is 13.0. The minimum atomic E-state index is -4.85. The fraction of sp³-hybridized carbons (Fsp3) is 0.276. The molecule has 0 aliphatic carbocycles. The van der Waals surface area contributed by atoms with E-state index in [4.69, 9.17) is 4.74 Å². The molecule has 1 atom stereocenters. The first-order valence-electron chi connectivity index (χ1n) is 12.2. The molecule has 4 rings (SSSR count). The number of hydrogen-bond donors (Lipinski definition) is 2. The molecule has 0 saturated carbocycles. The lowest BCUT2D eigenvalue weighted by molar-refractivity contribution is -0.139. The number of benzene rings is 3. The fourth-order valence-electron chi connectivity index (χ4n) is 4.70. The number of carbonyl (C=O) groups is 2. The Balaban J connectivity index is 1.92. The van der Waals surface area contributed by atoms with E-state index in [2.05, 4.69) is 21.2 Å². The van der Waals surface area contributed by atoms with Crippen LogP contribution in [0.25, 0.3) is 32.8 Å². The second-order valence-electron chi connectivity index (χ2n) is 10.3. The van der Waals surface area contributed by atoms with E-state index in [1.54, 1.807) is 51.1 Å². The van der Waals surface area contributed by atoms with Crippen molar-refractivity contribution in [1.82, 2.24) is 9.88 Å². The van der Waals surface area contributed by atoms with E-state index in [1.165, 1.54) is 35.9 Å². The Morgan fingerprint density at radius 2 is 1.68 bits per heavy atom. The van der Waals surface area contributed by atoms with E-state index < -0.39 is 46.6 Å². The highest BCUT2D eigenvalue weighted by molar-refractivity contribution is 9.10. The number of halogens is 4. The number of aromatic nitrogens is 1. The van der Waals surface area contributed by atoms with Gasteiger partial charge in [0.2, 0.25) is 0 Å². The molecule has 1 aromatic heterocycles. The van der Waals surface area contributed by atoms with Gasteiger partial charge in [0.15, 0.2) is 0 Å². The number of alkyl halides is 3. The number of carbonyl (C=O) groups excluding carboxylic acids is 1. The zero-order valence-electron chi connectivity index (χ0n) is 22.0. The number of carboxylic acid groups (broad SMARTS) is 1. The van der Waals surface area contributed by atoms with Gasteiger partial charge in [-0.1, -0.05) is 52.3 Å². The quantitative estimate of drug-likeness (QED) is 0.261. The number of carboxylic acids is 1. The summed E-state index contributed by atoms with van der Waals surface area (Å²) in [5.41, 5.74) is -2.60. The normalized spacial score (nSPS) is 12.9. The van der Waals surface area contributed by atoms with Crippen LogP contribution >= 0.6 is 15.9 Å². The van der Waals surface area contributed by atoms with Crippen molar-refractivity contribution in [2.24, 2.45) is 7.05 Å². The third-order valence-corrected chi connectivity index (χ3v) is 6.83. The number of alkyl carbamates (subject to hydrolysis) is 1. The number of aryl methyl sites for hydroxylation is 1. The van der Waals surface area contributed by atoms with Crippen molar-refractivity contribution in [2.75, 3.05) is 0 Å². The average molecular weight is 619 g/mol. The number of nitrogens with zero attached hydrogens (tertiary/aromatic N) is 1. The van der Waals surface area contributed by atoms with Crippen LogP contribution < -0.4 is 10.9 Å². The SMILES string of the molecule is Cn1c(=O)c(-c2cccc3c(C[C@H](NC(=O)OC(C)(C)C)C(=O)O)cccc23)c(C(F)(F)F)c2cc(Br)ccc21. The Kier molecular flexibility index (Phi) is 7.72. The van der Waals surface area contributed by atoms with Gasteiger partial charge in [0, 0.05) is 23.3 Å². The molecule has 0 aliphatic heterocycles. The van der Waals surface area contributed by atoms with E-state index in [-0.39, 0.29) is 22.9 Å². The van der Waals surface area contributed by atoms with E-state index in [1.807, 2.05) is 0 Å².